The maximum atomic E-state index is 13.0. The van der Waals surface area contributed by atoms with Gasteiger partial charge in [-0.2, -0.15) is 0 Å². The van der Waals surface area contributed by atoms with Crippen LogP contribution < -0.4 is 15.5 Å². The number of carbonyl (C=O) groups is 1. The Kier molecular flexibility index (Phi) is 4.55. The molecular formula is C21H21N3O4S. The first-order valence-electron chi connectivity index (χ1n) is 9.25. The number of hydrogen-bond donors (Lipinski definition) is 2. The highest BCUT2D eigenvalue weighted by Gasteiger charge is 2.24. The Morgan fingerprint density at radius 1 is 1.21 bits per heavy atom. The number of pyridine rings is 1. The summed E-state index contributed by atoms with van der Waals surface area (Å²) in [5.41, 5.74) is 2.70. The molecule has 0 bridgehead atoms. The van der Waals surface area contributed by atoms with E-state index < -0.39 is 15.9 Å². The van der Waals surface area contributed by atoms with Crippen molar-refractivity contribution >= 4 is 32.5 Å². The fraction of sp³-hybridized carbons (Fsp3) is 0.238. The van der Waals surface area contributed by atoms with Gasteiger partial charge in [0.05, 0.1) is 10.4 Å². The average Bonchev–Trinajstić information content (AvgIpc) is 3.02. The molecule has 1 aliphatic heterocycles. The molecule has 29 heavy (non-hydrogen) atoms. The van der Waals surface area contributed by atoms with Gasteiger partial charge in [-0.25, -0.2) is 13.1 Å². The van der Waals surface area contributed by atoms with Crippen molar-refractivity contribution in [3.8, 4) is 0 Å². The van der Waals surface area contributed by atoms with E-state index in [0.717, 1.165) is 17.5 Å². The summed E-state index contributed by atoms with van der Waals surface area (Å²) >= 11 is 0. The lowest BCUT2D eigenvalue weighted by Gasteiger charge is -2.14. The zero-order chi connectivity index (χ0) is 20.9. The van der Waals surface area contributed by atoms with Gasteiger partial charge in [0.25, 0.3) is 5.91 Å². The normalized spacial score (nSPS) is 15.6. The van der Waals surface area contributed by atoms with E-state index in [2.05, 4.69) is 10.0 Å². The molecule has 2 aromatic carbocycles. The van der Waals surface area contributed by atoms with Crippen LogP contribution in [0.2, 0.25) is 0 Å². The lowest BCUT2D eigenvalue weighted by atomic mass is 10.1. The second-order valence-corrected chi connectivity index (χ2v) is 9.17. The van der Waals surface area contributed by atoms with Crippen LogP contribution in [0.1, 0.15) is 34.5 Å². The van der Waals surface area contributed by atoms with Gasteiger partial charge in [-0.1, -0.05) is 18.2 Å². The van der Waals surface area contributed by atoms with Crippen molar-refractivity contribution in [2.75, 3.05) is 12.4 Å². The molecule has 0 spiro atoms. The number of aromatic nitrogens is 1. The number of nitrogens with zero attached hydrogens (tertiary/aromatic N) is 1. The summed E-state index contributed by atoms with van der Waals surface area (Å²) in [6.45, 7) is 3.80. The molecule has 1 aliphatic rings. The number of aryl methyl sites for hydroxylation is 1. The minimum atomic E-state index is -3.65. The van der Waals surface area contributed by atoms with E-state index in [4.69, 9.17) is 0 Å². The van der Waals surface area contributed by atoms with Crippen LogP contribution >= 0.6 is 0 Å². The summed E-state index contributed by atoms with van der Waals surface area (Å²) in [7, 11) is -2.33. The first kappa shape index (κ1) is 19.4. The third-order valence-corrected chi connectivity index (χ3v) is 6.82. The second-order valence-electron chi connectivity index (χ2n) is 7.28. The molecule has 7 nitrogen and oxygen atoms in total. The molecule has 1 atom stereocenters. The zero-order valence-electron chi connectivity index (χ0n) is 16.3. The Labute approximate surface area is 168 Å². The summed E-state index contributed by atoms with van der Waals surface area (Å²) in [6, 6.07) is 10.2. The number of para-hydroxylation sites is 1. The summed E-state index contributed by atoms with van der Waals surface area (Å²) in [5, 5.41) is 3.22. The molecule has 1 unspecified atom stereocenters. The number of anilines is 1. The van der Waals surface area contributed by atoms with E-state index in [9.17, 15) is 18.0 Å². The van der Waals surface area contributed by atoms with Gasteiger partial charge in [0, 0.05) is 23.3 Å². The number of benzene rings is 2. The molecule has 0 saturated heterocycles. The zero-order valence-corrected chi connectivity index (χ0v) is 17.1. The smallest absolute Gasteiger partial charge is 0.261 e. The van der Waals surface area contributed by atoms with E-state index in [1.54, 1.807) is 25.3 Å². The summed E-state index contributed by atoms with van der Waals surface area (Å²) in [4.78, 5) is 26.0. The largest absolute Gasteiger partial charge is 0.343 e. The van der Waals surface area contributed by atoms with Gasteiger partial charge < -0.3 is 9.88 Å². The Bertz CT molecular complexity index is 1330. The number of sulfonamides is 1. The first-order chi connectivity index (χ1) is 13.7. The number of rotatable bonds is 4. The lowest BCUT2D eigenvalue weighted by molar-refractivity contribution is 0.102. The van der Waals surface area contributed by atoms with Crippen molar-refractivity contribution < 1.29 is 13.2 Å². The average molecular weight is 411 g/mol. The molecule has 3 aromatic rings. The number of amides is 1. The minimum Gasteiger partial charge on any atom is -0.343 e. The van der Waals surface area contributed by atoms with Gasteiger partial charge in [-0.3, -0.25) is 9.59 Å². The van der Waals surface area contributed by atoms with Crippen molar-refractivity contribution in [2.45, 2.75) is 31.2 Å². The molecule has 2 N–H and O–H groups in total. The Hall–Kier alpha value is -2.97. The van der Waals surface area contributed by atoms with Crippen LogP contribution in [-0.2, 0) is 16.4 Å². The van der Waals surface area contributed by atoms with Crippen molar-refractivity contribution in [3.05, 3.63) is 69.5 Å². The van der Waals surface area contributed by atoms with Crippen molar-refractivity contribution in [3.63, 3.8) is 0 Å². The Morgan fingerprint density at radius 3 is 2.69 bits per heavy atom. The van der Waals surface area contributed by atoms with Gasteiger partial charge in [-0.15, -0.1) is 0 Å². The second kappa shape index (κ2) is 6.82. The van der Waals surface area contributed by atoms with Crippen molar-refractivity contribution in [2.24, 2.45) is 0 Å². The van der Waals surface area contributed by atoms with E-state index >= 15 is 0 Å². The molecule has 4 rings (SSSR count). The lowest BCUT2D eigenvalue weighted by Crippen LogP contribution is -2.24. The maximum absolute atomic E-state index is 13.0. The quantitative estimate of drug-likeness (QED) is 0.690. The third-order valence-electron chi connectivity index (χ3n) is 5.41. The predicted octanol–water partition coefficient (Wildman–Crippen LogP) is 2.59. The number of nitrogens with one attached hydrogen (secondary N) is 2. The van der Waals surface area contributed by atoms with Gasteiger partial charge in [0.15, 0.2) is 0 Å². The topological polar surface area (TPSA) is 97.3 Å². The standard InChI is InChI=1S/C21H21N3O4S/c1-12-7-8-15(29(27,28)22-3)10-18(12)23-21(26)17-11-24-13(2)9-14-5-4-6-16(19(14)24)20(17)25/h4-8,10-11,13,22H,9H2,1-3H3,(H,23,26). The SMILES string of the molecule is CNS(=O)(=O)c1ccc(C)c(NC(=O)c2cn3c4c(cccc4c2=O)CC3C)c1. The molecular weight excluding hydrogens is 390 g/mol. The molecule has 0 saturated carbocycles. The van der Waals surface area contributed by atoms with E-state index in [1.807, 2.05) is 23.6 Å². The maximum Gasteiger partial charge on any atom is 0.261 e. The Balaban J connectivity index is 1.78. The van der Waals surface area contributed by atoms with Crippen LogP contribution in [0, 0.1) is 6.92 Å². The van der Waals surface area contributed by atoms with Gasteiger partial charge >= 0.3 is 0 Å². The fourth-order valence-electron chi connectivity index (χ4n) is 3.79. The minimum absolute atomic E-state index is 0.0321. The number of hydrogen-bond acceptors (Lipinski definition) is 4. The third kappa shape index (κ3) is 3.14. The summed E-state index contributed by atoms with van der Waals surface area (Å²) < 4.78 is 28.4. The van der Waals surface area contributed by atoms with Crippen LogP contribution in [0.4, 0.5) is 5.69 Å². The molecule has 0 fully saturated rings. The molecule has 0 radical (unpaired) electrons. The van der Waals surface area contributed by atoms with E-state index in [0.29, 0.717) is 16.6 Å². The van der Waals surface area contributed by atoms with Crippen molar-refractivity contribution in [1.82, 2.24) is 9.29 Å². The first-order valence-corrected chi connectivity index (χ1v) is 10.7. The van der Waals surface area contributed by atoms with Crippen molar-refractivity contribution in [1.29, 1.82) is 0 Å². The highest BCUT2D eigenvalue weighted by atomic mass is 32.2. The van der Waals surface area contributed by atoms with Crippen LogP contribution in [0.3, 0.4) is 0 Å². The highest BCUT2D eigenvalue weighted by molar-refractivity contribution is 7.89. The predicted molar refractivity (Wildman–Crippen MR) is 112 cm³/mol. The molecule has 1 aromatic heterocycles. The molecule has 2 heterocycles. The molecule has 150 valence electrons. The van der Waals surface area contributed by atoms with Crippen LogP contribution in [0.15, 0.2) is 52.3 Å². The van der Waals surface area contributed by atoms with E-state index in [1.165, 1.54) is 19.2 Å². The summed E-state index contributed by atoms with van der Waals surface area (Å²) in [6.07, 6.45) is 2.41. The summed E-state index contributed by atoms with van der Waals surface area (Å²) in [5.74, 6) is -0.563. The Morgan fingerprint density at radius 2 is 1.97 bits per heavy atom. The van der Waals surface area contributed by atoms with E-state index in [-0.39, 0.29) is 21.9 Å². The van der Waals surface area contributed by atoms with Gasteiger partial charge in [-0.05, 0) is 56.6 Å². The fourth-order valence-corrected chi connectivity index (χ4v) is 4.54. The van der Waals surface area contributed by atoms with Gasteiger partial charge in [0.2, 0.25) is 15.5 Å². The molecule has 1 amide bonds. The number of carbonyl (C=O) groups excluding carboxylic acids is 1. The van der Waals surface area contributed by atoms with Crippen LogP contribution in [0.5, 0.6) is 0 Å². The molecule has 0 aliphatic carbocycles. The van der Waals surface area contributed by atoms with Crippen LogP contribution in [-0.4, -0.2) is 25.9 Å². The molecule has 8 heteroatoms. The van der Waals surface area contributed by atoms with Gasteiger partial charge in [0.1, 0.15) is 5.56 Å². The monoisotopic (exact) mass is 411 g/mol. The van der Waals surface area contributed by atoms with Crippen LogP contribution in [0.25, 0.3) is 10.9 Å². The highest BCUT2D eigenvalue weighted by Crippen LogP contribution is 2.31.